The van der Waals surface area contributed by atoms with Gasteiger partial charge in [0.15, 0.2) is 0 Å². The van der Waals surface area contributed by atoms with Crippen molar-refractivity contribution in [3.8, 4) is 5.75 Å². The molecule has 1 aromatic carbocycles. The summed E-state index contributed by atoms with van der Waals surface area (Å²) in [6.07, 6.45) is 4.59. The fourth-order valence-electron chi connectivity index (χ4n) is 5.75. The Labute approximate surface area is 251 Å². The number of nitrogens with one attached hydrogen (secondary N) is 1. The number of nitrogens with zero attached hydrogens (tertiary/aromatic N) is 5. The van der Waals surface area contributed by atoms with Gasteiger partial charge in [0, 0.05) is 37.6 Å². The maximum absolute atomic E-state index is 13.9. The molecular weight excluding hydrogens is 576 g/mol. The number of hydrogen-bond acceptors (Lipinski definition) is 9. The van der Waals surface area contributed by atoms with Gasteiger partial charge in [0.05, 0.1) is 24.5 Å². The number of ether oxygens (including phenoxy) is 1. The summed E-state index contributed by atoms with van der Waals surface area (Å²) < 4.78 is 35.9. The van der Waals surface area contributed by atoms with Crippen LogP contribution in [-0.4, -0.2) is 92.5 Å². The molecule has 13 heteroatoms. The number of likely N-dealkylation sites (tertiary alicyclic amines) is 1. The van der Waals surface area contributed by atoms with Crippen molar-refractivity contribution in [3.05, 3.63) is 45.8 Å². The molecule has 2 saturated heterocycles. The minimum atomic E-state index is -3.97. The molecule has 0 aliphatic carbocycles. The van der Waals surface area contributed by atoms with Gasteiger partial charge in [-0.15, -0.1) is 11.3 Å². The van der Waals surface area contributed by atoms with Gasteiger partial charge in [0.2, 0.25) is 15.9 Å². The number of carbonyl (C=O) groups is 1. The van der Waals surface area contributed by atoms with Crippen LogP contribution in [0.1, 0.15) is 31.1 Å². The Hall–Kier alpha value is -3.00. The second kappa shape index (κ2) is 13.1. The maximum Gasteiger partial charge on any atom is 0.263 e. The molecule has 11 nitrogen and oxygen atoms in total. The number of thiophene rings is 1. The SMILES string of the molecule is COc1ccccc1N1CCN(S(=O)(=O)c2c(C)sc3ncn(CC(=O)NCCCN4CCC(C)CC4)c(=O)c23)CC1. The number of hydrogen-bond donors (Lipinski definition) is 1. The average Bonchev–Trinajstić information content (AvgIpc) is 3.35. The number of benzene rings is 1. The van der Waals surface area contributed by atoms with E-state index in [9.17, 15) is 18.0 Å². The summed E-state index contributed by atoms with van der Waals surface area (Å²) in [4.78, 5) is 36.0. The zero-order chi connectivity index (χ0) is 29.9. The maximum atomic E-state index is 13.9. The van der Waals surface area contributed by atoms with Crippen molar-refractivity contribution in [2.45, 2.75) is 44.6 Å². The molecule has 0 unspecified atom stereocenters. The Balaban J connectivity index is 1.25. The molecule has 5 rings (SSSR count). The van der Waals surface area contributed by atoms with Crippen molar-refractivity contribution in [2.24, 2.45) is 5.92 Å². The lowest BCUT2D eigenvalue weighted by Crippen LogP contribution is -2.49. The number of rotatable bonds is 10. The standard InChI is InChI=1S/C29H40N6O5S2/c1-21-9-13-32(14-10-21)12-6-11-30-25(36)19-34-20-31-28-26(29(34)37)27(22(2)41-28)42(38,39)35-17-15-33(16-18-35)23-7-4-5-8-24(23)40-3/h4-5,7-8,20-21H,6,9-19H2,1-3H3,(H,30,36). The molecule has 1 amide bonds. The smallest absolute Gasteiger partial charge is 0.263 e. The lowest BCUT2D eigenvalue weighted by Gasteiger charge is -2.35. The summed E-state index contributed by atoms with van der Waals surface area (Å²) in [5.41, 5.74) is 0.397. The first-order valence-corrected chi connectivity index (χ1v) is 16.8. The van der Waals surface area contributed by atoms with E-state index in [0.717, 1.165) is 43.4 Å². The molecule has 1 N–H and O–H groups in total. The van der Waals surface area contributed by atoms with Crippen molar-refractivity contribution in [1.82, 2.24) is 24.1 Å². The molecule has 2 aliphatic rings. The molecule has 0 radical (unpaired) electrons. The molecule has 0 atom stereocenters. The van der Waals surface area contributed by atoms with E-state index in [2.05, 4.69) is 27.0 Å². The highest BCUT2D eigenvalue weighted by Gasteiger charge is 2.34. The van der Waals surface area contributed by atoms with Crippen LogP contribution in [0.25, 0.3) is 10.2 Å². The number of anilines is 1. The van der Waals surface area contributed by atoms with Crippen LogP contribution in [0.5, 0.6) is 5.75 Å². The van der Waals surface area contributed by atoms with E-state index in [1.54, 1.807) is 14.0 Å². The minimum Gasteiger partial charge on any atom is -0.495 e. The van der Waals surface area contributed by atoms with E-state index in [1.165, 1.54) is 39.4 Å². The number of para-hydroxylation sites is 2. The normalized spacial score (nSPS) is 17.5. The summed E-state index contributed by atoms with van der Waals surface area (Å²) in [5.74, 6) is 1.22. The average molecular weight is 617 g/mol. The van der Waals surface area contributed by atoms with E-state index < -0.39 is 15.6 Å². The number of methoxy groups -OCH3 is 1. The van der Waals surface area contributed by atoms with Crippen LogP contribution in [0, 0.1) is 12.8 Å². The van der Waals surface area contributed by atoms with E-state index >= 15 is 0 Å². The quantitative estimate of drug-likeness (QED) is 0.346. The van der Waals surface area contributed by atoms with Gasteiger partial charge in [-0.3, -0.25) is 14.2 Å². The van der Waals surface area contributed by atoms with Crippen LogP contribution < -0.4 is 20.5 Å². The Kier molecular flexibility index (Phi) is 9.50. The molecule has 0 bridgehead atoms. The number of sulfonamides is 1. The third-order valence-corrected chi connectivity index (χ3v) is 11.4. The van der Waals surface area contributed by atoms with Crippen LogP contribution in [-0.2, 0) is 21.4 Å². The van der Waals surface area contributed by atoms with Crippen molar-refractivity contribution < 1.29 is 17.9 Å². The van der Waals surface area contributed by atoms with Gasteiger partial charge in [0.25, 0.3) is 5.56 Å². The fraction of sp³-hybridized carbons (Fsp3) is 0.552. The summed E-state index contributed by atoms with van der Waals surface area (Å²) >= 11 is 1.18. The highest BCUT2D eigenvalue weighted by Crippen LogP contribution is 2.34. The zero-order valence-electron chi connectivity index (χ0n) is 24.5. The lowest BCUT2D eigenvalue weighted by molar-refractivity contribution is -0.121. The molecule has 228 valence electrons. The number of aromatic nitrogens is 2. The number of piperidine rings is 1. The highest BCUT2D eigenvalue weighted by molar-refractivity contribution is 7.89. The molecule has 4 heterocycles. The van der Waals surface area contributed by atoms with Gasteiger partial charge in [-0.25, -0.2) is 13.4 Å². The molecule has 2 aromatic heterocycles. The van der Waals surface area contributed by atoms with Crippen molar-refractivity contribution in [1.29, 1.82) is 0 Å². The molecule has 2 aliphatic heterocycles. The molecule has 2 fully saturated rings. The van der Waals surface area contributed by atoms with Crippen molar-refractivity contribution in [2.75, 3.05) is 64.4 Å². The monoisotopic (exact) mass is 616 g/mol. The predicted octanol–water partition coefficient (Wildman–Crippen LogP) is 2.52. The van der Waals surface area contributed by atoms with Gasteiger partial charge in [-0.2, -0.15) is 4.31 Å². The van der Waals surface area contributed by atoms with Crippen molar-refractivity contribution >= 4 is 43.2 Å². The minimum absolute atomic E-state index is 0.00338. The number of piperazine rings is 1. The highest BCUT2D eigenvalue weighted by atomic mass is 32.2. The topological polar surface area (TPSA) is 117 Å². The van der Waals surface area contributed by atoms with Crippen LogP contribution >= 0.6 is 11.3 Å². The first kappa shape index (κ1) is 30.5. The van der Waals surface area contributed by atoms with Crippen LogP contribution in [0.4, 0.5) is 5.69 Å². The lowest BCUT2D eigenvalue weighted by atomic mass is 9.99. The van der Waals surface area contributed by atoms with Gasteiger partial charge in [-0.05, 0) is 63.9 Å². The Morgan fingerprint density at radius 3 is 2.55 bits per heavy atom. The summed E-state index contributed by atoms with van der Waals surface area (Å²) in [6.45, 7) is 8.93. The summed E-state index contributed by atoms with van der Waals surface area (Å²) in [6, 6.07) is 7.66. The predicted molar refractivity (Wildman–Crippen MR) is 165 cm³/mol. The second-order valence-electron chi connectivity index (χ2n) is 11.1. The molecule has 0 saturated carbocycles. The zero-order valence-corrected chi connectivity index (χ0v) is 26.2. The van der Waals surface area contributed by atoms with Gasteiger partial charge < -0.3 is 19.9 Å². The number of aryl methyl sites for hydroxylation is 1. The third-order valence-electron chi connectivity index (χ3n) is 8.23. The van der Waals surface area contributed by atoms with Crippen LogP contribution in [0.3, 0.4) is 0 Å². The Morgan fingerprint density at radius 2 is 1.83 bits per heavy atom. The van der Waals surface area contributed by atoms with E-state index in [4.69, 9.17) is 4.74 Å². The molecule has 42 heavy (non-hydrogen) atoms. The first-order valence-electron chi connectivity index (χ1n) is 14.5. The number of amides is 1. The molecular formula is C29H40N6O5S2. The second-order valence-corrected chi connectivity index (χ2v) is 14.2. The summed E-state index contributed by atoms with van der Waals surface area (Å²) in [7, 11) is -2.35. The van der Waals surface area contributed by atoms with Crippen molar-refractivity contribution in [3.63, 3.8) is 0 Å². The number of carbonyl (C=O) groups excluding carboxylic acids is 1. The fourth-order valence-corrected chi connectivity index (χ4v) is 8.84. The van der Waals surface area contributed by atoms with Gasteiger partial charge in [0.1, 0.15) is 22.0 Å². The third kappa shape index (κ3) is 6.48. The van der Waals surface area contributed by atoms with E-state index in [-0.39, 0.29) is 35.8 Å². The van der Waals surface area contributed by atoms with E-state index in [0.29, 0.717) is 29.3 Å². The van der Waals surface area contributed by atoms with Gasteiger partial charge in [-0.1, -0.05) is 19.1 Å². The molecule has 0 spiro atoms. The molecule has 3 aromatic rings. The first-order chi connectivity index (χ1) is 20.2. The number of fused-ring (bicyclic) bond motifs is 1. The van der Waals surface area contributed by atoms with E-state index in [1.807, 2.05) is 24.3 Å². The summed E-state index contributed by atoms with van der Waals surface area (Å²) in [5, 5.41) is 2.95. The van der Waals surface area contributed by atoms with Crippen LogP contribution in [0.15, 0.2) is 40.3 Å². The Morgan fingerprint density at radius 1 is 1.12 bits per heavy atom. The van der Waals surface area contributed by atoms with Gasteiger partial charge >= 0.3 is 0 Å². The largest absolute Gasteiger partial charge is 0.495 e. The van der Waals surface area contributed by atoms with Crippen LogP contribution in [0.2, 0.25) is 0 Å². The Bertz CT molecular complexity index is 1570.